The molecule has 168 valence electrons. The summed E-state index contributed by atoms with van der Waals surface area (Å²) < 4.78 is 12.6. The van der Waals surface area contributed by atoms with Gasteiger partial charge in [0.05, 0.1) is 37.6 Å². The van der Waals surface area contributed by atoms with Gasteiger partial charge in [-0.2, -0.15) is 5.10 Å². The monoisotopic (exact) mass is 458 g/mol. The molecule has 10 nitrogen and oxygen atoms in total. The molecule has 0 unspecified atom stereocenters. The predicted octanol–water partition coefficient (Wildman–Crippen LogP) is 1.91. The Bertz CT molecular complexity index is 1050. The third kappa shape index (κ3) is 5.34. The lowest BCUT2D eigenvalue weighted by Gasteiger charge is -2.26. The van der Waals surface area contributed by atoms with Crippen LogP contribution in [0, 0.1) is 0 Å². The normalized spacial score (nSPS) is 13.8. The summed E-state index contributed by atoms with van der Waals surface area (Å²) in [6.07, 6.45) is 3.23. The molecule has 3 heterocycles. The fourth-order valence-electron chi connectivity index (χ4n) is 3.17. The molecule has 0 atom stereocenters. The number of benzene rings is 1. The molecule has 0 saturated carbocycles. The third-order valence-corrected chi connectivity index (χ3v) is 5.10. The number of ether oxygens (including phenoxy) is 2. The SMILES string of the molecule is O=C(c1ccc(OCNc2ncc(Cl)c(-c3ccn(CCO)n3)n2)cc1)N1CCOCC1. The average Bonchev–Trinajstić information content (AvgIpc) is 3.29. The Balaban J connectivity index is 1.33. The quantitative estimate of drug-likeness (QED) is 0.492. The van der Waals surface area contributed by atoms with Crippen molar-refractivity contribution in [3.8, 4) is 17.1 Å². The molecule has 2 aromatic heterocycles. The van der Waals surface area contributed by atoms with Crippen molar-refractivity contribution in [3.63, 3.8) is 0 Å². The minimum atomic E-state index is -0.0125. The topological polar surface area (TPSA) is 115 Å². The van der Waals surface area contributed by atoms with Crippen LogP contribution in [0.1, 0.15) is 10.4 Å². The fourth-order valence-corrected chi connectivity index (χ4v) is 3.36. The van der Waals surface area contributed by atoms with Crippen LogP contribution in [0.3, 0.4) is 0 Å². The number of nitrogens with one attached hydrogen (secondary N) is 1. The summed E-state index contributed by atoms with van der Waals surface area (Å²) in [7, 11) is 0. The van der Waals surface area contributed by atoms with Gasteiger partial charge in [0.1, 0.15) is 17.1 Å². The van der Waals surface area contributed by atoms with E-state index in [9.17, 15) is 4.79 Å². The molecule has 0 radical (unpaired) electrons. The number of rotatable bonds is 8. The van der Waals surface area contributed by atoms with E-state index < -0.39 is 0 Å². The second-order valence-corrected chi connectivity index (χ2v) is 7.38. The van der Waals surface area contributed by atoms with E-state index in [1.54, 1.807) is 46.1 Å². The van der Waals surface area contributed by atoms with Gasteiger partial charge in [-0.1, -0.05) is 11.6 Å². The van der Waals surface area contributed by atoms with Gasteiger partial charge in [-0.15, -0.1) is 0 Å². The van der Waals surface area contributed by atoms with Gasteiger partial charge < -0.3 is 24.8 Å². The van der Waals surface area contributed by atoms with Crippen molar-refractivity contribution in [2.75, 3.05) is 45.0 Å². The minimum Gasteiger partial charge on any atom is -0.473 e. The zero-order chi connectivity index (χ0) is 22.3. The summed E-state index contributed by atoms with van der Waals surface area (Å²) in [4.78, 5) is 22.8. The minimum absolute atomic E-state index is 0.00880. The van der Waals surface area contributed by atoms with E-state index in [0.717, 1.165) is 0 Å². The van der Waals surface area contributed by atoms with Crippen molar-refractivity contribution in [1.29, 1.82) is 0 Å². The number of nitrogens with zero attached hydrogens (tertiary/aromatic N) is 5. The largest absolute Gasteiger partial charge is 0.473 e. The Morgan fingerprint density at radius 3 is 2.75 bits per heavy atom. The van der Waals surface area contributed by atoms with Gasteiger partial charge in [0, 0.05) is 24.8 Å². The zero-order valence-corrected chi connectivity index (χ0v) is 18.0. The molecule has 4 rings (SSSR count). The number of anilines is 1. The number of morpholine rings is 1. The van der Waals surface area contributed by atoms with Gasteiger partial charge in [-0.3, -0.25) is 9.48 Å². The molecule has 3 aromatic rings. The molecule has 11 heteroatoms. The summed E-state index contributed by atoms with van der Waals surface area (Å²) in [5.74, 6) is 0.926. The van der Waals surface area contributed by atoms with E-state index in [4.69, 9.17) is 26.2 Å². The molecular formula is C21H23ClN6O4. The van der Waals surface area contributed by atoms with Crippen molar-refractivity contribution >= 4 is 23.5 Å². The van der Waals surface area contributed by atoms with Crippen LogP contribution in [0.4, 0.5) is 5.95 Å². The highest BCUT2D eigenvalue weighted by Gasteiger charge is 2.18. The second-order valence-electron chi connectivity index (χ2n) is 6.97. The van der Waals surface area contributed by atoms with E-state index in [0.29, 0.717) is 66.5 Å². The van der Waals surface area contributed by atoms with Gasteiger partial charge in [0.2, 0.25) is 5.95 Å². The standard InChI is InChI=1S/C21H23ClN6O4/c22-17-13-23-21(25-19(17)18-5-6-28(26-18)7-10-29)24-14-32-16-3-1-15(2-4-16)20(30)27-8-11-31-12-9-27/h1-6,13,29H,7-12,14H2,(H,23,24,25). The Morgan fingerprint density at radius 2 is 2.00 bits per heavy atom. The maximum Gasteiger partial charge on any atom is 0.254 e. The molecule has 0 aliphatic carbocycles. The zero-order valence-electron chi connectivity index (χ0n) is 17.3. The van der Waals surface area contributed by atoms with Crippen LogP contribution in [0.5, 0.6) is 5.75 Å². The molecule has 1 amide bonds. The van der Waals surface area contributed by atoms with Crippen molar-refractivity contribution in [1.82, 2.24) is 24.6 Å². The van der Waals surface area contributed by atoms with Crippen molar-refractivity contribution < 1.29 is 19.4 Å². The number of aliphatic hydroxyl groups is 1. The predicted molar refractivity (Wildman–Crippen MR) is 118 cm³/mol. The smallest absolute Gasteiger partial charge is 0.254 e. The highest BCUT2D eigenvalue weighted by molar-refractivity contribution is 6.32. The molecule has 0 bridgehead atoms. The van der Waals surface area contributed by atoms with Crippen LogP contribution in [-0.2, 0) is 11.3 Å². The van der Waals surface area contributed by atoms with E-state index in [-0.39, 0.29) is 19.2 Å². The van der Waals surface area contributed by atoms with Crippen LogP contribution in [0.2, 0.25) is 5.02 Å². The van der Waals surface area contributed by atoms with Crippen molar-refractivity contribution in [2.24, 2.45) is 0 Å². The molecule has 2 N–H and O–H groups in total. The van der Waals surface area contributed by atoms with Gasteiger partial charge in [-0.05, 0) is 30.3 Å². The van der Waals surface area contributed by atoms with Crippen LogP contribution in [-0.4, -0.2) is 75.3 Å². The van der Waals surface area contributed by atoms with E-state index in [1.807, 2.05) is 0 Å². The first-order valence-electron chi connectivity index (χ1n) is 10.1. The summed E-state index contributed by atoms with van der Waals surface area (Å²) in [5, 5.41) is 16.7. The molecule has 1 fully saturated rings. The Hall–Kier alpha value is -3.21. The Labute approximate surface area is 189 Å². The number of hydrogen-bond donors (Lipinski definition) is 2. The van der Waals surface area contributed by atoms with Gasteiger partial charge in [0.25, 0.3) is 5.91 Å². The van der Waals surface area contributed by atoms with Crippen molar-refractivity contribution in [2.45, 2.75) is 6.54 Å². The Kier molecular flexibility index (Phi) is 7.15. The first-order valence-corrected chi connectivity index (χ1v) is 10.5. The first kappa shape index (κ1) is 22.0. The van der Waals surface area contributed by atoms with Crippen LogP contribution in [0.25, 0.3) is 11.4 Å². The number of hydrogen-bond acceptors (Lipinski definition) is 8. The Morgan fingerprint density at radius 1 is 1.22 bits per heavy atom. The van der Waals surface area contributed by atoms with E-state index >= 15 is 0 Å². The number of halogens is 1. The number of carbonyl (C=O) groups excluding carboxylic acids is 1. The van der Waals surface area contributed by atoms with Crippen LogP contribution >= 0.6 is 11.6 Å². The third-order valence-electron chi connectivity index (χ3n) is 4.83. The van der Waals surface area contributed by atoms with Crippen LogP contribution in [0.15, 0.2) is 42.7 Å². The van der Waals surface area contributed by atoms with Gasteiger partial charge in [0.15, 0.2) is 6.73 Å². The highest BCUT2D eigenvalue weighted by Crippen LogP contribution is 2.24. The number of amides is 1. The molecule has 0 spiro atoms. The molecule has 1 saturated heterocycles. The number of aromatic nitrogens is 4. The molecule has 32 heavy (non-hydrogen) atoms. The molecular weight excluding hydrogens is 436 g/mol. The highest BCUT2D eigenvalue weighted by atomic mass is 35.5. The lowest BCUT2D eigenvalue weighted by Crippen LogP contribution is -2.40. The molecule has 1 aliphatic heterocycles. The lowest BCUT2D eigenvalue weighted by molar-refractivity contribution is 0.0303. The number of aliphatic hydroxyl groups excluding tert-OH is 1. The lowest BCUT2D eigenvalue weighted by atomic mass is 10.2. The summed E-state index contributed by atoms with van der Waals surface area (Å²) in [6, 6.07) is 8.75. The molecule has 1 aliphatic rings. The molecule has 1 aromatic carbocycles. The number of carbonyl (C=O) groups is 1. The van der Waals surface area contributed by atoms with Crippen LogP contribution < -0.4 is 10.1 Å². The van der Waals surface area contributed by atoms with Crippen molar-refractivity contribution in [3.05, 3.63) is 53.3 Å². The second kappa shape index (κ2) is 10.4. The van der Waals surface area contributed by atoms with E-state index in [1.165, 1.54) is 6.20 Å². The average molecular weight is 459 g/mol. The maximum absolute atomic E-state index is 12.5. The fraction of sp³-hybridized carbons (Fsp3) is 0.333. The maximum atomic E-state index is 12.5. The summed E-state index contributed by atoms with van der Waals surface area (Å²) >= 11 is 6.22. The van der Waals surface area contributed by atoms with Gasteiger partial charge in [-0.25, -0.2) is 9.97 Å². The summed E-state index contributed by atoms with van der Waals surface area (Å²) in [5.41, 5.74) is 1.67. The van der Waals surface area contributed by atoms with Gasteiger partial charge >= 0.3 is 0 Å². The summed E-state index contributed by atoms with van der Waals surface area (Å²) in [6.45, 7) is 2.84. The first-order chi connectivity index (χ1) is 15.6. The van der Waals surface area contributed by atoms with E-state index in [2.05, 4.69) is 20.4 Å².